The van der Waals surface area contributed by atoms with E-state index in [0.717, 1.165) is 5.56 Å². The fourth-order valence-electron chi connectivity index (χ4n) is 2.36. The Labute approximate surface area is 128 Å². The molecule has 1 aromatic carbocycles. The predicted octanol–water partition coefficient (Wildman–Crippen LogP) is 0.546. The molecule has 1 fully saturated rings. The van der Waals surface area contributed by atoms with Gasteiger partial charge in [-0.3, -0.25) is 14.9 Å². The standard InChI is InChI=1S/C15H19N3O4/c1-9-11(14(20)18-15(21)17-9)7-13(19)16-8-10-5-3-4-6-12(10)22-2/h3-6,9,11H,7-8H2,1-2H3,(H,16,19)(H2,17,18,20,21). The molecule has 7 nitrogen and oxygen atoms in total. The molecular weight excluding hydrogens is 286 g/mol. The molecule has 0 aliphatic carbocycles. The van der Waals surface area contributed by atoms with Gasteiger partial charge in [-0.25, -0.2) is 4.79 Å². The molecule has 0 spiro atoms. The SMILES string of the molecule is COc1ccccc1CNC(=O)CC1C(=O)NC(=O)NC1C. The molecule has 2 atom stereocenters. The van der Waals surface area contributed by atoms with Crippen LogP contribution in [0.2, 0.25) is 0 Å². The van der Waals surface area contributed by atoms with Crippen molar-refractivity contribution in [3.8, 4) is 5.75 Å². The van der Waals surface area contributed by atoms with Crippen LogP contribution in [0.1, 0.15) is 18.9 Å². The fourth-order valence-corrected chi connectivity index (χ4v) is 2.36. The van der Waals surface area contributed by atoms with Gasteiger partial charge in [-0.05, 0) is 13.0 Å². The number of benzene rings is 1. The van der Waals surface area contributed by atoms with E-state index in [9.17, 15) is 14.4 Å². The Morgan fingerprint density at radius 3 is 2.73 bits per heavy atom. The summed E-state index contributed by atoms with van der Waals surface area (Å²) in [5.41, 5.74) is 0.854. The van der Waals surface area contributed by atoms with E-state index in [0.29, 0.717) is 12.3 Å². The van der Waals surface area contributed by atoms with Crippen LogP contribution in [-0.2, 0) is 16.1 Å². The van der Waals surface area contributed by atoms with Crippen LogP contribution < -0.4 is 20.7 Å². The van der Waals surface area contributed by atoms with E-state index < -0.39 is 17.9 Å². The molecule has 1 aliphatic rings. The highest BCUT2D eigenvalue weighted by Gasteiger charge is 2.33. The minimum absolute atomic E-state index is 0.0163. The van der Waals surface area contributed by atoms with Gasteiger partial charge in [0, 0.05) is 24.6 Å². The summed E-state index contributed by atoms with van der Waals surface area (Å²) in [5, 5.41) is 7.52. The Hall–Kier alpha value is -2.57. The summed E-state index contributed by atoms with van der Waals surface area (Å²) in [4.78, 5) is 34.9. The van der Waals surface area contributed by atoms with Crippen molar-refractivity contribution in [2.24, 2.45) is 5.92 Å². The van der Waals surface area contributed by atoms with Crippen molar-refractivity contribution in [3.05, 3.63) is 29.8 Å². The first-order valence-corrected chi connectivity index (χ1v) is 7.01. The zero-order valence-corrected chi connectivity index (χ0v) is 12.5. The molecule has 1 heterocycles. The molecular formula is C15H19N3O4. The maximum atomic E-state index is 12.0. The van der Waals surface area contributed by atoms with Gasteiger partial charge in [0.1, 0.15) is 5.75 Å². The van der Waals surface area contributed by atoms with E-state index in [1.807, 2.05) is 24.3 Å². The smallest absolute Gasteiger partial charge is 0.321 e. The molecule has 4 amide bonds. The van der Waals surface area contributed by atoms with Crippen LogP contribution in [0.5, 0.6) is 5.75 Å². The van der Waals surface area contributed by atoms with Crippen LogP contribution in [0.3, 0.4) is 0 Å². The molecule has 0 bridgehead atoms. The Morgan fingerprint density at radius 2 is 2.05 bits per heavy atom. The van der Waals surface area contributed by atoms with E-state index in [2.05, 4.69) is 16.0 Å². The summed E-state index contributed by atoms with van der Waals surface area (Å²) in [6, 6.07) is 6.47. The third-order valence-electron chi connectivity index (χ3n) is 3.61. The minimum atomic E-state index is -0.574. The Balaban J connectivity index is 1.90. The summed E-state index contributed by atoms with van der Waals surface area (Å²) in [6.07, 6.45) is 0.0163. The van der Waals surface area contributed by atoms with Gasteiger partial charge in [0.2, 0.25) is 11.8 Å². The molecule has 0 radical (unpaired) electrons. The molecule has 3 N–H and O–H groups in total. The average Bonchev–Trinajstić information content (AvgIpc) is 2.49. The second-order valence-corrected chi connectivity index (χ2v) is 5.15. The number of imide groups is 1. The highest BCUT2D eigenvalue weighted by atomic mass is 16.5. The zero-order chi connectivity index (χ0) is 16.1. The molecule has 2 unspecified atom stereocenters. The lowest BCUT2D eigenvalue weighted by molar-refractivity contribution is -0.131. The zero-order valence-electron chi connectivity index (χ0n) is 12.5. The van der Waals surface area contributed by atoms with E-state index in [-0.39, 0.29) is 18.4 Å². The molecule has 7 heteroatoms. The second kappa shape index (κ2) is 6.93. The number of hydrogen-bond acceptors (Lipinski definition) is 4. The highest BCUT2D eigenvalue weighted by Crippen LogP contribution is 2.17. The van der Waals surface area contributed by atoms with Crippen molar-refractivity contribution in [1.29, 1.82) is 0 Å². The van der Waals surface area contributed by atoms with Gasteiger partial charge in [0.25, 0.3) is 0 Å². The maximum absolute atomic E-state index is 12.0. The highest BCUT2D eigenvalue weighted by molar-refractivity contribution is 6.00. The molecule has 0 saturated carbocycles. The number of amides is 4. The van der Waals surface area contributed by atoms with E-state index in [1.54, 1.807) is 14.0 Å². The number of rotatable bonds is 5. The molecule has 0 aromatic heterocycles. The summed E-state index contributed by atoms with van der Waals surface area (Å²) in [7, 11) is 1.57. The van der Waals surface area contributed by atoms with Gasteiger partial charge in [-0.2, -0.15) is 0 Å². The monoisotopic (exact) mass is 305 g/mol. The van der Waals surface area contributed by atoms with E-state index in [4.69, 9.17) is 4.74 Å². The Kier molecular flexibility index (Phi) is 4.98. The number of ether oxygens (including phenoxy) is 1. The van der Waals surface area contributed by atoms with Gasteiger partial charge >= 0.3 is 6.03 Å². The van der Waals surface area contributed by atoms with Gasteiger partial charge in [-0.1, -0.05) is 18.2 Å². The van der Waals surface area contributed by atoms with Crippen molar-refractivity contribution < 1.29 is 19.1 Å². The van der Waals surface area contributed by atoms with Crippen LogP contribution in [0, 0.1) is 5.92 Å². The van der Waals surface area contributed by atoms with Crippen LogP contribution >= 0.6 is 0 Å². The van der Waals surface area contributed by atoms with Gasteiger partial charge in [0.15, 0.2) is 0 Å². The minimum Gasteiger partial charge on any atom is -0.496 e. The third kappa shape index (κ3) is 3.75. The molecule has 118 valence electrons. The van der Waals surface area contributed by atoms with Gasteiger partial charge < -0.3 is 15.4 Å². The number of nitrogens with one attached hydrogen (secondary N) is 3. The number of carbonyl (C=O) groups excluding carboxylic acids is 3. The van der Waals surface area contributed by atoms with Crippen molar-refractivity contribution in [2.45, 2.75) is 25.9 Å². The van der Waals surface area contributed by atoms with Gasteiger partial charge in [-0.15, -0.1) is 0 Å². The number of para-hydroxylation sites is 1. The van der Waals surface area contributed by atoms with Crippen LogP contribution in [0.25, 0.3) is 0 Å². The maximum Gasteiger partial charge on any atom is 0.321 e. The Morgan fingerprint density at radius 1 is 1.32 bits per heavy atom. The number of hydrogen-bond donors (Lipinski definition) is 3. The Bertz CT molecular complexity index is 588. The second-order valence-electron chi connectivity index (χ2n) is 5.15. The first-order chi connectivity index (χ1) is 10.5. The largest absolute Gasteiger partial charge is 0.496 e. The summed E-state index contributed by atoms with van der Waals surface area (Å²) >= 11 is 0. The fraction of sp³-hybridized carbons (Fsp3) is 0.400. The summed E-state index contributed by atoms with van der Waals surface area (Å²) in [6.45, 7) is 2.02. The van der Waals surface area contributed by atoms with Crippen molar-refractivity contribution in [3.63, 3.8) is 0 Å². The van der Waals surface area contributed by atoms with Gasteiger partial charge in [0.05, 0.1) is 13.0 Å². The number of carbonyl (C=O) groups is 3. The topological polar surface area (TPSA) is 96.5 Å². The molecule has 2 rings (SSSR count). The lowest BCUT2D eigenvalue weighted by Gasteiger charge is -2.28. The molecule has 22 heavy (non-hydrogen) atoms. The third-order valence-corrected chi connectivity index (χ3v) is 3.61. The normalized spacial score (nSPS) is 20.8. The summed E-state index contributed by atoms with van der Waals surface area (Å²) < 4.78 is 5.21. The van der Waals surface area contributed by atoms with Crippen molar-refractivity contribution in [2.75, 3.05) is 7.11 Å². The molecule has 1 aliphatic heterocycles. The number of methoxy groups -OCH3 is 1. The summed E-state index contributed by atoms with van der Waals surface area (Å²) in [5.74, 6) is -0.563. The first-order valence-electron chi connectivity index (χ1n) is 7.01. The quantitative estimate of drug-likeness (QED) is 0.740. The van der Waals surface area contributed by atoms with Crippen molar-refractivity contribution in [1.82, 2.24) is 16.0 Å². The molecule has 1 saturated heterocycles. The lowest BCUT2D eigenvalue weighted by atomic mass is 9.94. The lowest BCUT2D eigenvalue weighted by Crippen LogP contribution is -2.57. The van der Waals surface area contributed by atoms with Crippen LogP contribution in [0.4, 0.5) is 4.79 Å². The first kappa shape index (κ1) is 15.8. The van der Waals surface area contributed by atoms with Crippen molar-refractivity contribution >= 4 is 17.8 Å². The van der Waals surface area contributed by atoms with Crippen LogP contribution in [0.15, 0.2) is 24.3 Å². The molecule has 1 aromatic rings. The average molecular weight is 305 g/mol. The van der Waals surface area contributed by atoms with E-state index >= 15 is 0 Å². The van der Waals surface area contributed by atoms with Crippen LogP contribution in [-0.4, -0.2) is 31.0 Å². The van der Waals surface area contributed by atoms with E-state index in [1.165, 1.54) is 0 Å². The number of urea groups is 1. The predicted molar refractivity (Wildman–Crippen MR) is 79.1 cm³/mol.